The van der Waals surface area contributed by atoms with Gasteiger partial charge in [0.15, 0.2) is 0 Å². The fraction of sp³-hybridized carbons (Fsp3) is 0.667. The minimum Gasteiger partial charge on any atom is -0.309 e. The maximum Gasteiger partial charge on any atom is 0.0292 e. The molecule has 112 valence electrons. The molecule has 2 heteroatoms. The van der Waals surface area contributed by atoms with Gasteiger partial charge in [-0.1, -0.05) is 44.0 Å². The summed E-state index contributed by atoms with van der Waals surface area (Å²) >= 11 is 0. The third-order valence-corrected chi connectivity index (χ3v) is 4.35. The lowest BCUT2D eigenvalue weighted by atomic mass is 10.0. The van der Waals surface area contributed by atoms with Crippen molar-refractivity contribution >= 4 is 0 Å². The van der Waals surface area contributed by atoms with E-state index in [9.17, 15) is 0 Å². The van der Waals surface area contributed by atoms with E-state index in [0.29, 0.717) is 6.04 Å². The second-order valence-corrected chi connectivity index (χ2v) is 6.07. The molecular formula is C18H30N2. The molecule has 2 rings (SSSR count). The van der Waals surface area contributed by atoms with Crippen molar-refractivity contribution in [1.82, 2.24) is 10.2 Å². The Bertz CT molecular complexity index is 366. The third-order valence-electron chi connectivity index (χ3n) is 4.35. The molecule has 0 radical (unpaired) electrons. The van der Waals surface area contributed by atoms with E-state index in [2.05, 4.69) is 48.3 Å². The molecule has 1 aromatic carbocycles. The number of hydrogen-bond donors (Lipinski definition) is 1. The number of hydrogen-bond acceptors (Lipinski definition) is 2. The van der Waals surface area contributed by atoms with Crippen LogP contribution < -0.4 is 5.32 Å². The van der Waals surface area contributed by atoms with Crippen LogP contribution in [0.4, 0.5) is 0 Å². The standard InChI is InChI=1S/C18H30N2/c1-3-7-17-8-10-18(11-9-17)16(2)19-12-15-20-13-5-4-6-14-20/h8-11,16,19H,3-7,12-15H2,1-2H3. The van der Waals surface area contributed by atoms with Crippen molar-refractivity contribution in [3.05, 3.63) is 35.4 Å². The lowest BCUT2D eigenvalue weighted by Gasteiger charge is -2.27. The first-order chi connectivity index (χ1) is 9.79. The van der Waals surface area contributed by atoms with Crippen molar-refractivity contribution in [3.8, 4) is 0 Å². The molecule has 1 N–H and O–H groups in total. The lowest BCUT2D eigenvalue weighted by Crippen LogP contribution is -2.36. The summed E-state index contributed by atoms with van der Waals surface area (Å²) in [5.74, 6) is 0. The number of nitrogens with zero attached hydrogens (tertiary/aromatic N) is 1. The largest absolute Gasteiger partial charge is 0.309 e. The Morgan fingerprint density at radius 1 is 1.10 bits per heavy atom. The highest BCUT2D eigenvalue weighted by Crippen LogP contribution is 2.14. The zero-order valence-electron chi connectivity index (χ0n) is 13.2. The molecule has 20 heavy (non-hydrogen) atoms. The maximum absolute atomic E-state index is 3.66. The number of benzene rings is 1. The zero-order chi connectivity index (χ0) is 14.2. The molecule has 1 aliphatic heterocycles. The van der Waals surface area contributed by atoms with Gasteiger partial charge in [-0.2, -0.15) is 0 Å². The molecule has 1 heterocycles. The quantitative estimate of drug-likeness (QED) is 0.814. The highest BCUT2D eigenvalue weighted by atomic mass is 15.1. The average Bonchev–Trinajstić information content (AvgIpc) is 2.49. The second-order valence-electron chi connectivity index (χ2n) is 6.07. The smallest absolute Gasteiger partial charge is 0.0292 e. The maximum atomic E-state index is 3.66. The van der Waals surface area contributed by atoms with Crippen LogP contribution in [0.3, 0.4) is 0 Å². The van der Waals surface area contributed by atoms with Gasteiger partial charge in [0.25, 0.3) is 0 Å². The van der Waals surface area contributed by atoms with Crippen molar-refractivity contribution < 1.29 is 0 Å². The van der Waals surface area contributed by atoms with Gasteiger partial charge in [-0.3, -0.25) is 0 Å². The Morgan fingerprint density at radius 3 is 2.45 bits per heavy atom. The molecule has 1 fully saturated rings. The van der Waals surface area contributed by atoms with Crippen LogP contribution in [0.25, 0.3) is 0 Å². The minimum atomic E-state index is 0.454. The lowest BCUT2D eigenvalue weighted by molar-refractivity contribution is 0.227. The van der Waals surface area contributed by atoms with Crippen LogP contribution in [0.5, 0.6) is 0 Å². The van der Waals surface area contributed by atoms with E-state index in [1.54, 1.807) is 0 Å². The summed E-state index contributed by atoms with van der Waals surface area (Å²) in [6, 6.07) is 9.58. The van der Waals surface area contributed by atoms with Crippen molar-refractivity contribution in [1.29, 1.82) is 0 Å². The first-order valence-electron chi connectivity index (χ1n) is 8.34. The van der Waals surface area contributed by atoms with Gasteiger partial charge >= 0.3 is 0 Å². The summed E-state index contributed by atoms with van der Waals surface area (Å²) in [7, 11) is 0. The molecule has 0 aliphatic carbocycles. The predicted molar refractivity (Wildman–Crippen MR) is 87.1 cm³/mol. The molecular weight excluding hydrogens is 244 g/mol. The van der Waals surface area contributed by atoms with E-state index in [0.717, 1.165) is 6.54 Å². The third kappa shape index (κ3) is 4.92. The highest BCUT2D eigenvalue weighted by Gasteiger charge is 2.10. The number of piperidine rings is 1. The molecule has 0 saturated carbocycles. The van der Waals surface area contributed by atoms with Gasteiger partial charge < -0.3 is 10.2 Å². The summed E-state index contributed by atoms with van der Waals surface area (Å²) in [6.07, 6.45) is 6.60. The van der Waals surface area contributed by atoms with Gasteiger partial charge in [0.1, 0.15) is 0 Å². The monoisotopic (exact) mass is 274 g/mol. The predicted octanol–water partition coefficient (Wildman–Crippen LogP) is 3.78. The fourth-order valence-electron chi connectivity index (χ4n) is 3.00. The number of rotatable bonds is 7. The summed E-state index contributed by atoms with van der Waals surface area (Å²) in [6.45, 7) is 9.38. The van der Waals surface area contributed by atoms with Crippen LogP contribution in [-0.2, 0) is 6.42 Å². The van der Waals surface area contributed by atoms with Crippen LogP contribution in [0.1, 0.15) is 56.7 Å². The molecule has 1 saturated heterocycles. The number of likely N-dealkylation sites (tertiary alicyclic amines) is 1. The zero-order valence-corrected chi connectivity index (χ0v) is 13.2. The topological polar surface area (TPSA) is 15.3 Å². The van der Waals surface area contributed by atoms with Crippen LogP contribution in [-0.4, -0.2) is 31.1 Å². The summed E-state index contributed by atoms with van der Waals surface area (Å²) in [5, 5.41) is 3.66. The van der Waals surface area contributed by atoms with Gasteiger partial charge in [0.05, 0.1) is 0 Å². The molecule has 1 unspecified atom stereocenters. The molecule has 1 aromatic rings. The Kier molecular flexibility index (Phi) is 6.55. The van der Waals surface area contributed by atoms with Crippen molar-refractivity contribution in [2.75, 3.05) is 26.2 Å². The fourth-order valence-corrected chi connectivity index (χ4v) is 3.00. The summed E-state index contributed by atoms with van der Waals surface area (Å²) < 4.78 is 0. The van der Waals surface area contributed by atoms with E-state index in [1.165, 1.54) is 62.9 Å². The van der Waals surface area contributed by atoms with E-state index in [1.807, 2.05) is 0 Å². The first kappa shape index (κ1) is 15.5. The molecule has 0 amide bonds. The Morgan fingerprint density at radius 2 is 1.80 bits per heavy atom. The molecule has 0 bridgehead atoms. The molecule has 1 atom stereocenters. The van der Waals surface area contributed by atoms with Gasteiger partial charge in [-0.15, -0.1) is 0 Å². The van der Waals surface area contributed by atoms with Crippen molar-refractivity contribution in [2.45, 2.75) is 52.0 Å². The van der Waals surface area contributed by atoms with E-state index in [-0.39, 0.29) is 0 Å². The molecule has 0 aromatic heterocycles. The van der Waals surface area contributed by atoms with Crippen LogP contribution in [0.2, 0.25) is 0 Å². The Labute approximate surface area is 124 Å². The van der Waals surface area contributed by atoms with Crippen LogP contribution in [0, 0.1) is 0 Å². The average molecular weight is 274 g/mol. The first-order valence-corrected chi connectivity index (χ1v) is 8.34. The molecule has 0 spiro atoms. The van der Waals surface area contributed by atoms with E-state index in [4.69, 9.17) is 0 Å². The van der Waals surface area contributed by atoms with Crippen molar-refractivity contribution in [2.24, 2.45) is 0 Å². The van der Waals surface area contributed by atoms with Gasteiger partial charge in [0.2, 0.25) is 0 Å². The normalized spacial score (nSPS) is 18.1. The minimum absolute atomic E-state index is 0.454. The van der Waals surface area contributed by atoms with Crippen LogP contribution in [0.15, 0.2) is 24.3 Å². The number of nitrogens with one attached hydrogen (secondary N) is 1. The second kappa shape index (κ2) is 8.43. The van der Waals surface area contributed by atoms with Crippen LogP contribution >= 0.6 is 0 Å². The summed E-state index contributed by atoms with van der Waals surface area (Å²) in [4.78, 5) is 2.59. The van der Waals surface area contributed by atoms with Gasteiger partial charge in [0, 0.05) is 19.1 Å². The van der Waals surface area contributed by atoms with Gasteiger partial charge in [-0.05, 0) is 50.4 Å². The highest BCUT2D eigenvalue weighted by molar-refractivity contribution is 5.24. The Hall–Kier alpha value is -0.860. The van der Waals surface area contributed by atoms with Crippen molar-refractivity contribution in [3.63, 3.8) is 0 Å². The molecule has 2 nitrogen and oxygen atoms in total. The SMILES string of the molecule is CCCc1ccc(C(C)NCCN2CCCCC2)cc1. The van der Waals surface area contributed by atoms with E-state index < -0.39 is 0 Å². The number of aryl methyl sites for hydroxylation is 1. The summed E-state index contributed by atoms with van der Waals surface area (Å²) in [5.41, 5.74) is 2.86. The van der Waals surface area contributed by atoms with Gasteiger partial charge in [-0.25, -0.2) is 0 Å². The molecule has 1 aliphatic rings. The van der Waals surface area contributed by atoms with E-state index >= 15 is 0 Å². The Balaban J connectivity index is 1.71.